The lowest BCUT2D eigenvalue weighted by atomic mass is 9.91. The van der Waals surface area contributed by atoms with Crippen molar-refractivity contribution in [3.05, 3.63) is 83.1 Å². The van der Waals surface area contributed by atoms with E-state index in [0.29, 0.717) is 46.5 Å². The SMILES string of the molecule is Cc1cc(-n2c(C3CCCOC3)c(-c3ccc(C(=O)O)cc3)c3c(O)c(F)ccc32)ccc1F. The third-order valence-electron chi connectivity index (χ3n) is 6.46. The fourth-order valence-corrected chi connectivity index (χ4v) is 4.82. The van der Waals surface area contributed by atoms with Crippen LogP contribution in [0.25, 0.3) is 27.7 Å². The molecule has 0 aliphatic carbocycles. The van der Waals surface area contributed by atoms with Gasteiger partial charge in [-0.1, -0.05) is 12.1 Å². The van der Waals surface area contributed by atoms with Crippen molar-refractivity contribution in [1.82, 2.24) is 4.57 Å². The standard InChI is InChI=1S/C27H23F2NO4/c1-15-13-19(8-9-20(15)28)30-22-11-10-21(29)26(31)24(22)23(25(30)18-3-2-12-34-14-18)16-4-6-17(7-5-16)27(32)33/h4-11,13,18,31H,2-3,12,14H2,1H3,(H,32,33). The summed E-state index contributed by atoms with van der Waals surface area (Å²) in [4.78, 5) is 11.4. The lowest BCUT2D eigenvalue weighted by Crippen LogP contribution is -2.19. The molecule has 1 saturated heterocycles. The molecule has 0 saturated carbocycles. The third-order valence-corrected chi connectivity index (χ3v) is 6.46. The van der Waals surface area contributed by atoms with Crippen LogP contribution >= 0.6 is 0 Å². The van der Waals surface area contributed by atoms with Gasteiger partial charge in [0, 0.05) is 29.5 Å². The number of aromatic hydroxyl groups is 1. The Morgan fingerprint density at radius 3 is 2.44 bits per heavy atom. The van der Waals surface area contributed by atoms with E-state index in [9.17, 15) is 23.8 Å². The van der Waals surface area contributed by atoms with Gasteiger partial charge < -0.3 is 19.5 Å². The molecule has 1 atom stereocenters. The fourth-order valence-electron chi connectivity index (χ4n) is 4.82. The normalized spacial score (nSPS) is 16.1. The summed E-state index contributed by atoms with van der Waals surface area (Å²) >= 11 is 0. The molecule has 1 unspecified atom stereocenters. The molecule has 0 radical (unpaired) electrons. The van der Waals surface area contributed by atoms with Crippen LogP contribution in [0.15, 0.2) is 54.6 Å². The first-order valence-corrected chi connectivity index (χ1v) is 11.1. The van der Waals surface area contributed by atoms with Gasteiger partial charge in [-0.05, 0) is 73.4 Å². The van der Waals surface area contributed by atoms with Gasteiger partial charge in [0.15, 0.2) is 11.6 Å². The molecular formula is C27H23F2NO4. The summed E-state index contributed by atoms with van der Waals surface area (Å²) in [6.07, 6.45) is 1.66. The monoisotopic (exact) mass is 463 g/mol. The predicted octanol–water partition coefficient (Wildman–Crippen LogP) is 6.18. The van der Waals surface area contributed by atoms with Gasteiger partial charge in [-0.25, -0.2) is 13.6 Å². The summed E-state index contributed by atoms with van der Waals surface area (Å²) in [5.41, 5.74) is 3.91. The minimum atomic E-state index is -1.05. The number of aromatic nitrogens is 1. The number of aromatic carboxylic acids is 1. The van der Waals surface area contributed by atoms with Crippen LogP contribution in [0.1, 0.15) is 40.4 Å². The molecule has 5 nitrogen and oxygen atoms in total. The molecule has 3 aromatic carbocycles. The first-order chi connectivity index (χ1) is 16.4. The first kappa shape index (κ1) is 22.1. The van der Waals surface area contributed by atoms with Crippen LogP contribution in [0.2, 0.25) is 0 Å². The molecule has 2 N–H and O–H groups in total. The zero-order valence-electron chi connectivity index (χ0n) is 18.5. The topological polar surface area (TPSA) is 71.7 Å². The largest absolute Gasteiger partial charge is 0.504 e. The van der Waals surface area contributed by atoms with Gasteiger partial charge in [-0.2, -0.15) is 0 Å². The van der Waals surface area contributed by atoms with Crippen molar-refractivity contribution in [2.24, 2.45) is 0 Å². The summed E-state index contributed by atoms with van der Waals surface area (Å²) in [7, 11) is 0. The molecule has 1 aliphatic rings. The zero-order chi connectivity index (χ0) is 24.0. The maximum atomic E-state index is 14.6. The number of carboxylic acids is 1. The van der Waals surface area contributed by atoms with Crippen LogP contribution in [0.5, 0.6) is 5.75 Å². The van der Waals surface area contributed by atoms with E-state index in [1.807, 2.05) is 4.57 Å². The van der Waals surface area contributed by atoms with Crippen molar-refractivity contribution in [3.63, 3.8) is 0 Å². The van der Waals surface area contributed by atoms with Crippen LogP contribution < -0.4 is 0 Å². The van der Waals surface area contributed by atoms with E-state index in [2.05, 4.69) is 0 Å². The summed E-state index contributed by atoms with van der Waals surface area (Å²) in [6, 6.07) is 13.9. The summed E-state index contributed by atoms with van der Waals surface area (Å²) in [6.45, 7) is 2.77. The number of halogens is 2. The van der Waals surface area contributed by atoms with E-state index >= 15 is 0 Å². The highest BCUT2D eigenvalue weighted by atomic mass is 19.1. The fraction of sp³-hybridized carbons (Fsp3) is 0.222. The Bertz CT molecular complexity index is 1400. The Morgan fingerprint density at radius 2 is 1.79 bits per heavy atom. The molecule has 0 spiro atoms. The second-order valence-corrected chi connectivity index (χ2v) is 8.62. The number of phenols is 1. The molecule has 5 rings (SSSR count). The number of fused-ring (bicyclic) bond motifs is 1. The number of rotatable bonds is 4. The average molecular weight is 463 g/mol. The van der Waals surface area contributed by atoms with Crippen molar-refractivity contribution in [2.75, 3.05) is 13.2 Å². The Kier molecular flexibility index (Phi) is 5.57. The zero-order valence-corrected chi connectivity index (χ0v) is 18.5. The molecule has 1 fully saturated rings. The Balaban J connectivity index is 1.89. The number of carboxylic acid groups (broad SMARTS) is 1. The van der Waals surface area contributed by atoms with Gasteiger partial charge in [-0.15, -0.1) is 0 Å². The number of aryl methyl sites for hydroxylation is 1. The van der Waals surface area contributed by atoms with Crippen LogP contribution in [-0.4, -0.2) is 34.0 Å². The van der Waals surface area contributed by atoms with Crippen LogP contribution in [0.4, 0.5) is 8.78 Å². The van der Waals surface area contributed by atoms with Crippen LogP contribution in [0.3, 0.4) is 0 Å². The number of benzene rings is 3. The maximum Gasteiger partial charge on any atom is 0.335 e. The van der Waals surface area contributed by atoms with Crippen molar-refractivity contribution in [2.45, 2.75) is 25.7 Å². The van der Waals surface area contributed by atoms with E-state index in [-0.39, 0.29) is 17.3 Å². The van der Waals surface area contributed by atoms with Crippen molar-refractivity contribution >= 4 is 16.9 Å². The van der Waals surface area contributed by atoms with E-state index in [0.717, 1.165) is 18.5 Å². The van der Waals surface area contributed by atoms with Crippen molar-refractivity contribution < 1.29 is 28.5 Å². The summed E-state index contributed by atoms with van der Waals surface area (Å²) in [5.74, 6) is -2.69. The highest BCUT2D eigenvalue weighted by Crippen LogP contribution is 2.46. The molecular weight excluding hydrogens is 440 g/mol. The van der Waals surface area contributed by atoms with Crippen molar-refractivity contribution in [3.8, 4) is 22.6 Å². The van der Waals surface area contributed by atoms with E-state index in [4.69, 9.17) is 4.74 Å². The molecule has 174 valence electrons. The molecule has 0 amide bonds. The molecule has 1 aliphatic heterocycles. The molecule has 1 aromatic heterocycles. The van der Waals surface area contributed by atoms with Gasteiger partial charge in [0.05, 0.1) is 23.1 Å². The van der Waals surface area contributed by atoms with E-state index in [1.165, 1.54) is 24.3 Å². The van der Waals surface area contributed by atoms with E-state index in [1.54, 1.807) is 37.3 Å². The lowest BCUT2D eigenvalue weighted by molar-refractivity contribution is 0.0697. The van der Waals surface area contributed by atoms with Crippen molar-refractivity contribution in [1.29, 1.82) is 0 Å². The highest BCUT2D eigenvalue weighted by Gasteiger charge is 2.30. The van der Waals surface area contributed by atoms with Gasteiger partial charge in [-0.3, -0.25) is 0 Å². The Morgan fingerprint density at radius 1 is 1.06 bits per heavy atom. The summed E-state index contributed by atoms with van der Waals surface area (Å²) in [5, 5.41) is 20.5. The number of hydrogen-bond acceptors (Lipinski definition) is 3. The van der Waals surface area contributed by atoms with Gasteiger partial charge >= 0.3 is 5.97 Å². The highest BCUT2D eigenvalue weighted by molar-refractivity contribution is 6.04. The van der Waals surface area contributed by atoms with Crippen LogP contribution in [-0.2, 0) is 4.74 Å². The number of hydrogen-bond donors (Lipinski definition) is 2. The average Bonchev–Trinajstić information content (AvgIpc) is 3.19. The Labute approximate surface area is 194 Å². The third kappa shape index (κ3) is 3.62. The first-order valence-electron chi connectivity index (χ1n) is 11.1. The van der Waals surface area contributed by atoms with Gasteiger partial charge in [0.1, 0.15) is 5.82 Å². The van der Waals surface area contributed by atoms with Gasteiger partial charge in [0.2, 0.25) is 0 Å². The molecule has 4 aromatic rings. The number of phenolic OH excluding ortho intramolecular Hbond substituents is 1. The summed E-state index contributed by atoms with van der Waals surface area (Å²) < 4.78 is 36.4. The predicted molar refractivity (Wildman–Crippen MR) is 125 cm³/mol. The van der Waals surface area contributed by atoms with Gasteiger partial charge in [0.25, 0.3) is 0 Å². The molecule has 2 heterocycles. The lowest BCUT2D eigenvalue weighted by Gasteiger charge is -2.26. The smallest absolute Gasteiger partial charge is 0.335 e. The minimum Gasteiger partial charge on any atom is -0.504 e. The molecule has 0 bridgehead atoms. The number of ether oxygens (including phenoxy) is 1. The van der Waals surface area contributed by atoms with Crippen LogP contribution in [0, 0.1) is 18.6 Å². The number of nitrogens with zero attached hydrogens (tertiary/aromatic N) is 1. The second kappa shape index (κ2) is 8.57. The quantitative estimate of drug-likeness (QED) is 0.379. The number of carbonyl (C=O) groups is 1. The maximum absolute atomic E-state index is 14.6. The second-order valence-electron chi connectivity index (χ2n) is 8.62. The van der Waals surface area contributed by atoms with E-state index < -0.39 is 17.5 Å². The molecule has 34 heavy (non-hydrogen) atoms. The minimum absolute atomic E-state index is 0.0666. The molecule has 7 heteroatoms. The Hall–Kier alpha value is -3.71.